The summed E-state index contributed by atoms with van der Waals surface area (Å²) in [6.07, 6.45) is 2.91. The van der Waals surface area contributed by atoms with E-state index in [2.05, 4.69) is 11.9 Å². The average Bonchev–Trinajstić information content (AvgIpc) is 2.76. The number of rotatable bonds is 4. The number of hydrogen-bond acceptors (Lipinski definition) is 4. The summed E-state index contributed by atoms with van der Waals surface area (Å²) in [6, 6.07) is 10.7. The first kappa shape index (κ1) is 14.1. The molecule has 4 heteroatoms. The van der Waals surface area contributed by atoms with E-state index < -0.39 is 0 Å². The second kappa shape index (κ2) is 5.90. The van der Waals surface area contributed by atoms with E-state index in [0.29, 0.717) is 18.2 Å². The number of likely N-dealkylation sites (N-methyl/N-ethyl adjacent to an activating group) is 1. The van der Waals surface area contributed by atoms with Crippen molar-refractivity contribution in [2.24, 2.45) is 0 Å². The van der Waals surface area contributed by atoms with Crippen LogP contribution in [0.5, 0.6) is 0 Å². The van der Waals surface area contributed by atoms with E-state index in [-0.39, 0.29) is 12.0 Å². The second-order valence-electron chi connectivity index (χ2n) is 5.72. The van der Waals surface area contributed by atoms with E-state index >= 15 is 0 Å². The highest BCUT2D eigenvalue weighted by atomic mass is 16.5. The highest BCUT2D eigenvalue weighted by molar-refractivity contribution is 5.90. The van der Waals surface area contributed by atoms with Crippen molar-refractivity contribution >= 4 is 5.97 Å². The lowest BCUT2D eigenvalue weighted by atomic mass is 10.00. The molecule has 2 bridgehead atoms. The molecule has 3 rings (SSSR count). The zero-order valence-electron chi connectivity index (χ0n) is 12.5. The first-order valence-corrected chi connectivity index (χ1v) is 7.40. The van der Waals surface area contributed by atoms with Crippen LogP contribution >= 0.6 is 0 Å². The van der Waals surface area contributed by atoms with Gasteiger partial charge in [-0.2, -0.15) is 0 Å². The minimum atomic E-state index is -0.254. The maximum absolute atomic E-state index is 12.1. The Hall–Kier alpha value is -1.81. The predicted molar refractivity (Wildman–Crippen MR) is 79.5 cm³/mol. The number of hydrogen-bond donors (Lipinski definition) is 0. The molecule has 2 aliphatic rings. The molecule has 2 aliphatic heterocycles. The fraction of sp³-hybridized carbons (Fsp3) is 0.471. The fourth-order valence-corrected chi connectivity index (χ4v) is 3.36. The standard InChI is InChI=1S/C17H21NO3/c1-18-13-8-9-14(18)16(17(19)20-2)15(10-13)21-11-12-6-4-3-5-7-12/h3-7,13-14H,8-11H2,1-2H3/t13-,14+/m0/s1. The molecule has 112 valence electrons. The molecule has 1 aromatic carbocycles. The van der Waals surface area contributed by atoms with Gasteiger partial charge in [0.1, 0.15) is 12.4 Å². The zero-order valence-corrected chi connectivity index (χ0v) is 12.5. The number of ether oxygens (including phenoxy) is 2. The summed E-state index contributed by atoms with van der Waals surface area (Å²) in [5.41, 5.74) is 1.82. The van der Waals surface area contributed by atoms with Crippen LogP contribution in [-0.4, -0.2) is 37.1 Å². The number of benzene rings is 1. The topological polar surface area (TPSA) is 38.8 Å². The Labute approximate surface area is 125 Å². The maximum atomic E-state index is 12.1. The monoisotopic (exact) mass is 287 g/mol. The highest BCUT2D eigenvalue weighted by Crippen LogP contribution is 2.39. The van der Waals surface area contributed by atoms with E-state index in [9.17, 15) is 4.79 Å². The number of methoxy groups -OCH3 is 1. The third-order valence-corrected chi connectivity index (χ3v) is 4.56. The van der Waals surface area contributed by atoms with Crippen LogP contribution < -0.4 is 0 Å². The summed E-state index contributed by atoms with van der Waals surface area (Å²) in [5.74, 6) is 0.562. The zero-order chi connectivity index (χ0) is 14.8. The van der Waals surface area contributed by atoms with Crippen LogP contribution in [0.15, 0.2) is 41.7 Å². The summed E-state index contributed by atoms with van der Waals surface area (Å²) in [5, 5.41) is 0. The molecule has 0 spiro atoms. The summed E-state index contributed by atoms with van der Waals surface area (Å²) < 4.78 is 11.0. The molecule has 0 radical (unpaired) electrons. The molecule has 0 unspecified atom stereocenters. The van der Waals surface area contributed by atoms with Gasteiger partial charge in [-0.05, 0) is 25.5 Å². The Morgan fingerprint density at radius 1 is 1.29 bits per heavy atom. The molecule has 0 saturated carbocycles. The van der Waals surface area contributed by atoms with Crippen LogP contribution in [0.2, 0.25) is 0 Å². The smallest absolute Gasteiger partial charge is 0.338 e. The fourth-order valence-electron chi connectivity index (χ4n) is 3.36. The van der Waals surface area contributed by atoms with Crippen LogP contribution in [-0.2, 0) is 20.9 Å². The Morgan fingerprint density at radius 3 is 2.76 bits per heavy atom. The summed E-state index contributed by atoms with van der Waals surface area (Å²) >= 11 is 0. The van der Waals surface area contributed by atoms with Gasteiger partial charge in [0.15, 0.2) is 0 Å². The minimum Gasteiger partial charge on any atom is -0.493 e. The van der Waals surface area contributed by atoms with Crippen molar-refractivity contribution < 1.29 is 14.3 Å². The highest BCUT2D eigenvalue weighted by Gasteiger charge is 2.43. The normalized spacial score (nSPS) is 25.0. The van der Waals surface area contributed by atoms with Gasteiger partial charge < -0.3 is 9.47 Å². The molecule has 0 aromatic heterocycles. The van der Waals surface area contributed by atoms with Crippen LogP contribution in [0.4, 0.5) is 0 Å². The summed E-state index contributed by atoms with van der Waals surface area (Å²) in [6.45, 7) is 0.500. The van der Waals surface area contributed by atoms with Gasteiger partial charge >= 0.3 is 5.97 Å². The Morgan fingerprint density at radius 2 is 2.05 bits per heavy atom. The molecule has 2 heterocycles. The van der Waals surface area contributed by atoms with Crippen molar-refractivity contribution in [3.8, 4) is 0 Å². The Kier molecular flexibility index (Phi) is 3.97. The van der Waals surface area contributed by atoms with Crippen molar-refractivity contribution in [3.63, 3.8) is 0 Å². The molecule has 0 N–H and O–H groups in total. The van der Waals surface area contributed by atoms with Gasteiger partial charge in [-0.25, -0.2) is 4.79 Å². The molecule has 0 amide bonds. The van der Waals surface area contributed by atoms with Crippen molar-refractivity contribution in [1.82, 2.24) is 4.90 Å². The molecule has 1 fully saturated rings. The lowest BCUT2D eigenvalue weighted by Crippen LogP contribution is -2.41. The quantitative estimate of drug-likeness (QED) is 0.798. The molecule has 21 heavy (non-hydrogen) atoms. The van der Waals surface area contributed by atoms with Gasteiger partial charge in [-0.1, -0.05) is 30.3 Å². The number of fused-ring (bicyclic) bond motifs is 2. The number of esters is 1. The van der Waals surface area contributed by atoms with Gasteiger partial charge in [0.05, 0.1) is 12.7 Å². The molecular weight excluding hydrogens is 266 g/mol. The molecular formula is C17H21NO3. The van der Waals surface area contributed by atoms with Gasteiger partial charge in [0.25, 0.3) is 0 Å². The van der Waals surface area contributed by atoms with Crippen LogP contribution in [0, 0.1) is 0 Å². The SMILES string of the molecule is COC(=O)C1=C(OCc2ccccc2)C[C@@H]2CC[C@H]1N2C. The largest absolute Gasteiger partial charge is 0.493 e. The first-order valence-electron chi connectivity index (χ1n) is 7.40. The molecule has 1 saturated heterocycles. The van der Waals surface area contributed by atoms with E-state index in [1.807, 2.05) is 30.3 Å². The third-order valence-electron chi connectivity index (χ3n) is 4.56. The van der Waals surface area contributed by atoms with Gasteiger partial charge in [0.2, 0.25) is 0 Å². The minimum absolute atomic E-state index is 0.141. The second-order valence-corrected chi connectivity index (χ2v) is 5.72. The van der Waals surface area contributed by atoms with E-state index in [4.69, 9.17) is 9.47 Å². The molecule has 2 atom stereocenters. The molecule has 0 aliphatic carbocycles. The third kappa shape index (κ3) is 2.68. The molecule has 4 nitrogen and oxygen atoms in total. The van der Waals surface area contributed by atoms with Crippen molar-refractivity contribution in [1.29, 1.82) is 0 Å². The van der Waals surface area contributed by atoms with Gasteiger partial charge in [-0.3, -0.25) is 4.90 Å². The number of carbonyl (C=O) groups is 1. The van der Waals surface area contributed by atoms with E-state index in [0.717, 1.165) is 30.6 Å². The van der Waals surface area contributed by atoms with Crippen LogP contribution in [0.1, 0.15) is 24.8 Å². The average molecular weight is 287 g/mol. The van der Waals surface area contributed by atoms with Crippen molar-refractivity contribution in [2.75, 3.05) is 14.2 Å². The van der Waals surface area contributed by atoms with E-state index in [1.165, 1.54) is 7.11 Å². The van der Waals surface area contributed by atoms with Gasteiger partial charge in [0, 0.05) is 18.5 Å². The van der Waals surface area contributed by atoms with Crippen molar-refractivity contribution in [2.45, 2.75) is 38.0 Å². The van der Waals surface area contributed by atoms with Gasteiger partial charge in [-0.15, -0.1) is 0 Å². The number of nitrogens with zero attached hydrogens (tertiary/aromatic N) is 1. The van der Waals surface area contributed by atoms with Crippen LogP contribution in [0.25, 0.3) is 0 Å². The Balaban J connectivity index is 1.82. The maximum Gasteiger partial charge on any atom is 0.338 e. The number of carbonyl (C=O) groups excluding carboxylic acids is 1. The van der Waals surface area contributed by atoms with Crippen LogP contribution in [0.3, 0.4) is 0 Å². The van der Waals surface area contributed by atoms with E-state index in [1.54, 1.807) is 0 Å². The lowest BCUT2D eigenvalue weighted by molar-refractivity contribution is -0.137. The first-order chi connectivity index (χ1) is 10.2. The lowest BCUT2D eigenvalue weighted by Gasteiger charge is -2.33. The van der Waals surface area contributed by atoms with Crippen molar-refractivity contribution in [3.05, 3.63) is 47.2 Å². The Bertz CT molecular complexity index is 552. The summed E-state index contributed by atoms with van der Waals surface area (Å²) in [4.78, 5) is 14.4. The molecule has 1 aromatic rings. The summed E-state index contributed by atoms with van der Waals surface area (Å²) in [7, 11) is 3.52. The predicted octanol–water partition coefficient (Wildman–Crippen LogP) is 2.50.